The predicted molar refractivity (Wildman–Crippen MR) is 342 cm³/mol. The summed E-state index contributed by atoms with van der Waals surface area (Å²) in [5, 5.41) is 38.8. The summed E-state index contributed by atoms with van der Waals surface area (Å²) in [5.41, 5.74) is 1.89. The molecule has 3 aromatic rings. The van der Waals surface area contributed by atoms with Gasteiger partial charge in [-0.05, 0) is 89.0 Å². The molecule has 8 rings (SSSR count). The number of benzene rings is 3. The van der Waals surface area contributed by atoms with E-state index in [1.54, 1.807) is 45.0 Å². The summed E-state index contributed by atoms with van der Waals surface area (Å²) >= 11 is 0. The largest absolute Gasteiger partial charge is 1.00 e. The number of esters is 2. The molecular weight excluding hydrogens is 1160 g/mol. The van der Waals surface area contributed by atoms with Crippen LogP contribution in [-0.2, 0) is 57.1 Å². The van der Waals surface area contributed by atoms with Crippen LogP contribution in [0, 0.1) is 0 Å². The molecule has 8 atom stereocenters. The molecule has 0 spiro atoms. The van der Waals surface area contributed by atoms with Crippen molar-refractivity contribution in [2.75, 3.05) is 89.8 Å². The number of likely N-dealkylation sites (tertiary alicyclic amines) is 1. The van der Waals surface area contributed by atoms with E-state index in [-0.39, 0.29) is 84.8 Å². The first-order chi connectivity index (χ1) is 41.8. The van der Waals surface area contributed by atoms with E-state index in [0.29, 0.717) is 37.9 Å². The van der Waals surface area contributed by atoms with Crippen molar-refractivity contribution in [1.29, 1.82) is 0 Å². The van der Waals surface area contributed by atoms with E-state index >= 15 is 0 Å². The number of carboxylic acids is 2. The van der Waals surface area contributed by atoms with Crippen LogP contribution in [0.5, 0.6) is 0 Å². The number of methoxy groups -OCH3 is 2. The number of amides is 1. The van der Waals surface area contributed by atoms with E-state index in [9.17, 15) is 34.2 Å². The SMILES string of the molecule is C1CCOC1.CCCCO[C@@H]1C[C@@H](C(=O)O)N(C(=O)OC(C)(C)C)C1.CCCCO[C@@H]1C[C@@H](C(=O)O)N(c2ccccc2)C1.CCCCO[C@@H]1C[C@@H](C(=O)OC)N(c2ccccc2)C1.CCCCO[C@H]1CN[C@H](C(=O)OC)C1.O.OB(O)c1ccccc1.[Li+].[OH-]. The summed E-state index contributed by atoms with van der Waals surface area (Å²) < 4.78 is 42.6. The Bertz CT molecular complexity index is 2340. The van der Waals surface area contributed by atoms with E-state index in [1.165, 1.54) is 32.0 Å². The first kappa shape index (κ1) is 84.7. The number of anilines is 2. The second kappa shape index (κ2) is 48.4. The molecule has 5 aliphatic rings. The topological polar surface area (TPSA) is 323 Å². The van der Waals surface area contributed by atoms with E-state index in [4.69, 9.17) is 43.2 Å². The maximum atomic E-state index is 12.0. The van der Waals surface area contributed by atoms with Gasteiger partial charge < -0.3 is 84.2 Å². The molecule has 3 aromatic carbocycles. The standard InChI is InChI=1S/C16H23NO3.C15H21NO3.C14H25NO5.C10H19NO3.C6H7BO2.C4H8O.Li.2H2O/c1-3-4-10-20-14-11-15(16(18)19-2)17(12-14)13-8-6-5-7-9-13;1-2-3-9-19-13-10-14(15(17)18)16(11-13)12-7-5-4-6-8-12;1-5-6-7-19-10-8-11(12(16)17)15(9-10)13(18)20-14(2,3)4;1-3-4-5-14-8-6-9(11-7-8)10(12)13-2;8-7(9)6-4-2-1-3-5-6;1-2-4-5-3-1;;;/h5-9,14-15H,3-4,10-12H2,1-2H3;4-8,13-14H,2-3,9-11H2,1H3,(H,17,18);10-11H,5-9H2,1-4H3,(H,16,17);8-9,11H,3-7H2,1-2H3;1-5,8-9H;1-4H2;;2*1H2/q;;;;;;+1;;/p-1/t14-,15+;13-,14+;10-,11+;8-,9+;;;;;/m1111...../s1. The molecule has 0 bridgehead atoms. The molecule has 504 valence electrons. The molecule has 0 saturated carbocycles. The third-order valence-electron chi connectivity index (χ3n) is 14.5. The van der Waals surface area contributed by atoms with Crippen molar-refractivity contribution in [2.45, 2.75) is 193 Å². The van der Waals surface area contributed by atoms with Gasteiger partial charge in [0, 0.05) is 96.3 Å². The Labute approximate surface area is 547 Å². The molecule has 25 heteroatoms. The Morgan fingerprint density at radius 1 is 0.567 bits per heavy atom. The molecule has 1 amide bonds. The van der Waals surface area contributed by atoms with Crippen LogP contribution in [0.3, 0.4) is 0 Å². The fourth-order valence-electron chi connectivity index (χ4n) is 9.78. The van der Waals surface area contributed by atoms with Crippen molar-refractivity contribution in [1.82, 2.24) is 10.2 Å². The number of hydrogen-bond donors (Lipinski definition) is 5. The van der Waals surface area contributed by atoms with Crippen LogP contribution in [-0.4, -0.2) is 207 Å². The minimum absolute atomic E-state index is 0. The Morgan fingerprint density at radius 3 is 1.32 bits per heavy atom. The molecule has 0 unspecified atom stereocenters. The van der Waals surface area contributed by atoms with Gasteiger partial charge in [-0.15, -0.1) is 0 Å². The van der Waals surface area contributed by atoms with Gasteiger partial charge in [0.05, 0.1) is 45.2 Å². The van der Waals surface area contributed by atoms with Crippen LogP contribution >= 0.6 is 0 Å². The minimum atomic E-state index is -1.34. The number of carbonyl (C=O) groups is 5. The van der Waals surface area contributed by atoms with Crippen LogP contribution in [0.1, 0.15) is 138 Å². The van der Waals surface area contributed by atoms with E-state index in [0.717, 1.165) is 115 Å². The number of hydrogen-bond acceptors (Lipinski definition) is 19. The smallest absolute Gasteiger partial charge is 0.870 e. The third-order valence-corrected chi connectivity index (χ3v) is 14.5. The maximum Gasteiger partial charge on any atom is 1.00 e. The number of rotatable bonds is 23. The number of nitrogens with one attached hydrogen (secondary N) is 1. The quantitative estimate of drug-likeness (QED) is 0.0382. The third kappa shape index (κ3) is 32.8. The number of ether oxygens (including phenoxy) is 8. The Kier molecular flexibility index (Phi) is 45.6. The van der Waals surface area contributed by atoms with Gasteiger partial charge in [0.2, 0.25) is 0 Å². The zero-order valence-electron chi connectivity index (χ0n) is 55.2. The molecule has 5 fully saturated rings. The van der Waals surface area contributed by atoms with Crippen molar-refractivity contribution in [3.63, 3.8) is 0 Å². The summed E-state index contributed by atoms with van der Waals surface area (Å²) in [6.45, 7) is 21.0. The first-order valence-electron chi connectivity index (χ1n) is 31.2. The van der Waals surface area contributed by atoms with Gasteiger partial charge in [0.25, 0.3) is 0 Å². The van der Waals surface area contributed by atoms with E-state index in [2.05, 4.69) is 42.6 Å². The first-order valence-corrected chi connectivity index (χ1v) is 31.2. The average molecular weight is 1270 g/mol. The maximum absolute atomic E-state index is 12.0. The summed E-state index contributed by atoms with van der Waals surface area (Å²) in [6, 6.07) is 26.6. The monoisotopic (exact) mass is 1260 g/mol. The molecular formula is C65H106BLiN4O19. The van der Waals surface area contributed by atoms with Crippen LogP contribution < -0.4 is 39.4 Å². The molecule has 5 saturated heterocycles. The van der Waals surface area contributed by atoms with Crippen molar-refractivity contribution in [3.8, 4) is 0 Å². The predicted octanol–water partition coefficient (Wildman–Crippen LogP) is 4.30. The molecule has 23 nitrogen and oxygen atoms in total. The van der Waals surface area contributed by atoms with Crippen molar-refractivity contribution >= 4 is 53.9 Å². The van der Waals surface area contributed by atoms with E-state index < -0.39 is 42.8 Å². The second-order valence-electron chi connectivity index (χ2n) is 22.8. The van der Waals surface area contributed by atoms with Crippen molar-refractivity contribution < 1.29 is 112 Å². The zero-order valence-corrected chi connectivity index (χ0v) is 55.2. The van der Waals surface area contributed by atoms with Gasteiger partial charge in [-0.3, -0.25) is 9.69 Å². The van der Waals surface area contributed by atoms with Gasteiger partial charge in [-0.25, -0.2) is 19.2 Å². The summed E-state index contributed by atoms with van der Waals surface area (Å²) in [4.78, 5) is 63.0. The summed E-state index contributed by atoms with van der Waals surface area (Å²) in [6.07, 6.45) is 12.8. The Hall–Kier alpha value is -5.33. The van der Waals surface area contributed by atoms with Gasteiger partial charge >= 0.3 is 55.9 Å². The molecule has 0 radical (unpaired) electrons. The second-order valence-corrected chi connectivity index (χ2v) is 22.8. The molecule has 90 heavy (non-hydrogen) atoms. The van der Waals surface area contributed by atoms with Crippen LogP contribution in [0.2, 0.25) is 0 Å². The summed E-state index contributed by atoms with van der Waals surface area (Å²) in [5.74, 6) is -2.16. The van der Waals surface area contributed by atoms with Crippen LogP contribution in [0.15, 0.2) is 91.0 Å². The molecule has 8 N–H and O–H groups in total. The number of carbonyl (C=O) groups excluding carboxylic acids is 3. The Balaban J connectivity index is 0.00000109. The number of carboxylic acid groups (broad SMARTS) is 2. The molecule has 5 heterocycles. The number of aliphatic carboxylic acids is 2. The van der Waals surface area contributed by atoms with E-state index in [1.807, 2.05) is 71.6 Å². The van der Waals surface area contributed by atoms with Crippen LogP contribution in [0.25, 0.3) is 0 Å². The number of para-hydroxylation sites is 2. The normalized spacial score (nSPS) is 21.1. The van der Waals surface area contributed by atoms with Crippen molar-refractivity contribution in [2.24, 2.45) is 0 Å². The van der Waals surface area contributed by atoms with Crippen molar-refractivity contribution in [3.05, 3.63) is 91.0 Å². The summed E-state index contributed by atoms with van der Waals surface area (Å²) in [7, 11) is 1.51. The fourth-order valence-corrected chi connectivity index (χ4v) is 9.78. The minimum Gasteiger partial charge on any atom is -0.870 e. The molecule has 0 aromatic heterocycles. The van der Waals surface area contributed by atoms with Gasteiger partial charge in [-0.1, -0.05) is 120 Å². The number of unbranched alkanes of at least 4 members (excludes halogenated alkanes) is 4. The fraction of sp³-hybridized carbons (Fsp3) is 0.646. The Morgan fingerprint density at radius 2 is 0.956 bits per heavy atom. The number of nitrogens with zero attached hydrogens (tertiary/aromatic N) is 3. The molecule has 5 aliphatic heterocycles. The molecule has 0 aliphatic carbocycles. The van der Waals surface area contributed by atoms with Gasteiger partial charge in [0.1, 0.15) is 29.8 Å². The zero-order chi connectivity index (χ0) is 64.0. The van der Waals surface area contributed by atoms with Gasteiger partial charge in [-0.2, -0.15) is 0 Å². The van der Waals surface area contributed by atoms with Gasteiger partial charge in [0.15, 0.2) is 0 Å². The average Bonchev–Trinajstić information content (AvgIpc) is 1.99. The van der Waals surface area contributed by atoms with Crippen LogP contribution in [0.4, 0.5) is 16.2 Å².